The standard InChI is InChI=1S/C21H26N4O3/c26-20(14-8-10-28-11-9-14)23-15-4-3-5-16(12-15)24-21(27)19-13-22-17-6-1-2-7-18(17)25-19/h1-2,6-7,13-16H,3-5,8-12H2,(H,23,26)(H,24,27)/t15-,16+/m1/s1. The van der Waals surface area contributed by atoms with Gasteiger partial charge in [-0.3, -0.25) is 14.6 Å². The van der Waals surface area contributed by atoms with E-state index < -0.39 is 0 Å². The van der Waals surface area contributed by atoms with Gasteiger partial charge in [0.25, 0.3) is 5.91 Å². The first-order chi connectivity index (χ1) is 13.7. The molecule has 1 aromatic heterocycles. The molecule has 2 amide bonds. The first-order valence-electron chi connectivity index (χ1n) is 10.1. The van der Waals surface area contributed by atoms with Crippen LogP contribution in [0.15, 0.2) is 30.5 Å². The molecule has 2 fully saturated rings. The Labute approximate surface area is 164 Å². The lowest BCUT2D eigenvalue weighted by Gasteiger charge is -2.32. The van der Waals surface area contributed by atoms with E-state index in [0.717, 1.165) is 44.0 Å². The number of hydrogen-bond donors (Lipinski definition) is 2. The van der Waals surface area contributed by atoms with Gasteiger partial charge in [0.1, 0.15) is 5.69 Å². The van der Waals surface area contributed by atoms with Crippen LogP contribution in [-0.2, 0) is 9.53 Å². The fourth-order valence-corrected chi connectivity index (χ4v) is 4.06. The first-order valence-corrected chi connectivity index (χ1v) is 10.1. The van der Waals surface area contributed by atoms with Crippen LogP contribution < -0.4 is 10.6 Å². The minimum Gasteiger partial charge on any atom is -0.381 e. The third-order valence-electron chi connectivity index (χ3n) is 5.63. The van der Waals surface area contributed by atoms with Gasteiger partial charge in [0, 0.05) is 31.2 Å². The quantitative estimate of drug-likeness (QED) is 0.846. The van der Waals surface area contributed by atoms with E-state index in [9.17, 15) is 9.59 Å². The zero-order valence-corrected chi connectivity index (χ0v) is 15.9. The molecule has 2 heterocycles. The topological polar surface area (TPSA) is 93.2 Å². The summed E-state index contributed by atoms with van der Waals surface area (Å²) in [6.07, 6.45) is 6.70. The van der Waals surface area contributed by atoms with E-state index in [4.69, 9.17) is 4.74 Å². The van der Waals surface area contributed by atoms with Crippen LogP contribution in [0.1, 0.15) is 49.0 Å². The highest BCUT2D eigenvalue weighted by Gasteiger charge is 2.28. The molecule has 7 heteroatoms. The van der Waals surface area contributed by atoms with Gasteiger partial charge in [-0.25, -0.2) is 4.98 Å². The van der Waals surface area contributed by atoms with Crippen molar-refractivity contribution in [3.8, 4) is 0 Å². The third kappa shape index (κ3) is 4.47. The highest BCUT2D eigenvalue weighted by molar-refractivity contribution is 5.93. The molecule has 0 bridgehead atoms. The summed E-state index contributed by atoms with van der Waals surface area (Å²) in [6, 6.07) is 7.64. The molecule has 0 unspecified atom stereocenters. The Balaban J connectivity index is 1.33. The van der Waals surface area contributed by atoms with E-state index in [-0.39, 0.29) is 29.8 Å². The fraction of sp³-hybridized carbons (Fsp3) is 0.524. The molecule has 4 rings (SSSR count). The van der Waals surface area contributed by atoms with Crippen molar-refractivity contribution in [1.82, 2.24) is 20.6 Å². The average molecular weight is 382 g/mol. The zero-order valence-electron chi connectivity index (χ0n) is 15.9. The number of ether oxygens (including phenoxy) is 1. The van der Waals surface area contributed by atoms with Crippen molar-refractivity contribution in [2.45, 2.75) is 50.6 Å². The van der Waals surface area contributed by atoms with E-state index in [1.165, 1.54) is 6.20 Å². The van der Waals surface area contributed by atoms with Gasteiger partial charge in [-0.1, -0.05) is 12.1 Å². The fourth-order valence-electron chi connectivity index (χ4n) is 4.06. The molecule has 0 radical (unpaired) electrons. The van der Waals surface area contributed by atoms with Gasteiger partial charge in [-0.15, -0.1) is 0 Å². The van der Waals surface area contributed by atoms with Gasteiger partial charge >= 0.3 is 0 Å². The number of hydrogen-bond acceptors (Lipinski definition) is 5. The summed E-state index contributed by atoms with van der Waals surface area (Å²) in [7, 11) is 0. The molecule has 1 saturated carbocycles. The van der Waals surface area contributed by atoms with Crippen molar-refractivity contribution in [3.05, 3.63) is 36.2 Å². The molecule has 2 N–H and O–H groups in total. The highest BCUT2D eigenvalue weighted by Crippen LogP contribution is 2.21. The monoisotopic (exact) mass is 382 g/mol. The maximum absolute atomic E-state index is 12.6. The number of nitrogens with zero attached hydrogens (tertiary/aromatic N) is 2. The number of fused-ring (bicyclic) bond motifs is 1. The molecule has 2 atom stereocenters. The van der Waals surface area contributed by atoms with Crippen LogP contribution in [0.4, 0.5) is 0 Å². The number of rotatable bonds is 4. The van der Waals surface area contributed by atoms with Crippen LogP contribution in [0.25, 0.3) is 11.0 Å². The van der Waals surface area contributed by atoms with E-state index in [2.05, 4.69) is 20.6 Å². The van der Waals surface area contributed by atoms with Gasteiger partial charge in [0.15, 0.2) is 0 Å². The number of aromatic nitrogens is 2. The second kappa shape index (κ2) is 8.65. The van der Waals surface area contributed by atoms with Gasteiger partial charge in [0.05, 0.1) is 17.2 Å². The Morgan fingerprint density at radius 1 is 0.964 bits per heavy atom. The Kier molecular flexibility index (Phi) is 5.81. The largest absolute Gasteiger partial charge is 0.381 e. The molecular weight excluding hydrogens is 356 g/mol. The second-order valence-electron chi connectivity index (χ2n) is 7.67. The first kappa shape index (κ1) is 18.8. The lowest BCUT2D eigenvalue weighted by Crippen LogP contribution is -2.47. The Morgan fingerprint density at radius 3 is 2.46 bits per heavy atom. The van der Waals surface area contributed by atoms with Crippen LogP contribution >= 0.6 is 0 Å². The van der Waals surface area contributed by atoms with Crippen LogP contribution in [0.5, 0.6) is 0 Å². The predicted molar refractivity (Wildman–Crippen MR) is 105 cm³/mol. The number of carbonyl (C=O) groups excluding carboxylic acids is 2. The summed E-state index contributed by atoms with van der Waals surface area (Å²) >= 11 is 0. The minimum atomic E-state index is -0.209. The van der Waals surface area contributed by atoms with Crippen molar-refractivity contribution in [3.63, 3.8) is 0 Å². The predicted octanol–water partition coefficient (Wildman–Crippen LogP) is 2.21. The number of benzene rings is 1. The summed E-state index contributed by atoms with van der Waals surface area (Å²) in [6.45, 7) is 1.32. The molecule has 2 aliphatic rings. The summed E-state index contributed by atoms with van der Waals surface area (Å²) in [5.41, 5.74) is 1.81. The van der Waals surface area contributed by atoms with E-state index >= 15 is 0 Å². The maximum atomic E-state index is 12.6. The number of nitrogens with one attached hydrogen (secondary N) is 2. The van der Waals surface area contributed by atoms with E-state index in [1.807, 2.05) is 24.3 Å². The Bertz CT molecular complexity index is 850. The lowest BCUT2D eigenvalue weighted by atomic mass is 9.90. The normalized spacial score (nSPS) is 23.3. The number of amides is 2. The smallest absolute Gasteiger partial charge is 0.271 e. The van der Waals surface area contributed by atoms with Crippen LogP contribution in [0.3, 0.4) is 0 Å². The SMILES string of the molecule is O=C(N[C@H]1CCC[C@@H](NC(=O)C2CCOCC2)C1)c1cnc2ccccc2n1. The highest BCUT2D eigenvalue weighted by atomic mass is 16.5. The Morgan fingerprint density at radius 2 is 1.68 bits per heavy atom. The summed E-state index contributed by atoms with van der Waals surface area (Å²) in [5, 5.41) is 6.25. The molecule has 1 aromatic carbocycles. The van der Waals surface area contributed by atoms with Gasteiger partial charge < -0.3 is 15.4 Å². The molecule has 7 nitrogen and oxygen atoms in total. The van der Waals surface area contributed by atoms with Crippen molar-refractivity contribution < 1.29 is 14.3 Å². The molecule has 1 aliphatic heterocycles. The van der Waals surface area contributed by atoms with Gasteiger partial charge in [-0.2, -0.15) is 0 Å². The second-order valence-corrected chi connectivity index (χ2v) is 7.67. The van der Waals surface area contributed by atoms with Crippen molar-refractivity contribution >= 4 is 22.8 Å². The van der Waals surface area contributed by atoms with E-state index in [0.29, 0.717) is 24.4 Å². The van der Waals surface area contributed by atoms with Crippen LogP contribution in [0, 0.1) is 5.92 Å². The minimum absolute atomic E-state index is 0.0366. The summed E-state index contributed by atoms with van der Waals surface area (Å²) in [5.74, 6) is -0.0306. The van der Waals surface area contributed by atoms with E-state index in [1.54, 1.807) is 0 Å². The lowest BCUT2D eigenvalue weighted by molar-refractivity contribution is -0.128. The van der Waals surface area contributed by atoms with Gasteiger partial charge in [-0.05, 0) is 50.7 Å². The number of para-hydroxylation sites is 2. The van der Waals surface area contributed by atoms with Crippen LogP contribution in [0.2, 0.25) is 0 Å². The molecule has 1 saturated heterocycles. The van der Waals surface area contributed by atoms with Gasteiger partial charge in [0.2, 0.25) is 5.91 Å². The molecule has 28 heavy (non-hydrogen) atoms. The average Bonchev–Trinajstić information content (AvgIpc) is 2.74. The Hall–Kier alpha value is -2.54. The summed E-state index contributed by atoms with van der Waals surface area (Å²) in [4.78, 5) is 33.8. The van der Waals surface area contributed by atoms with Crippen LogP contribution in [-0.4, -0.2) is 47.1 Å². The summed E-state index contributed by atoms with van der Waals surface area (Å²) < 4.78 is 5.33. The molecule has 148 valence electrons. The van der Waals surface area contributed by atoms with Crippen molar-refractivity contribution in [1.29, 1.82) is 0 Å². The molecular formula is C21H26N4O3. The third-order valence-corrected chi connectivity index (χ3v) is 5.63. The maximum Gasteiger partial charge on any atom is 0.271 e. The van der Waals surface area contributed by atoms with Crippen molar-refractivity contribution in [2.75, 3.05) is 13.2 Å². The molecule has 1 aliphatic carbocycles. The number of carbonyl (C=O) groups is 2. The molecule has 2 aromatic rings. The van der Waals surface area contributed by atoms with Crippen molar-refractivity contribution in [2.24, 2.45) is 5.92 Å². The zero-order chi connectivity index (χ0) is 19.3. The molecule has 0 spiro atoms.